The molecular formula is C21H32O3. The smallest absolute Gasteiger partial charge is 0.302 e. The van der Waals surface area contributed by atoms with E-state index in [0.717, 1.165) is 43.9 Å². The van der Waals surface area contributed by atoms with Gasteiger partial charge in [-0.15, -0.1) is 0 Å². The van der Waals surface area contributed by atoms with Gasteiger partial charge in [0.2, 0.25) is 0 Å². The number of esters is 1. The van der Waals surface area contributed by atoms with Crippen LogP contribution in [0.2, 0.25) is 0 Å². The van der Waals surface area contributed by atoms with Crippen LogP contribution in [0.15, 0.2) is 0 Å². The molecule has 0 N–H and O–H groups in total. The molecule has 0 amide bonds. The van der Waals surface area contributed by atoms with Crippen LogP contribution in [0.1, 0.15) is 78.6 Å². The van der Waals surface area contributed by atoms with Crippen molar-refractivity contribution in [3.8, 4) is 0 Å². The van der Waals surface area contributed by atoms with Gasteiger partial charge in [0, 0.05) is 18.8 Å². The monoisotopic (exact) mass is 332 g/mol. The molecule has 0 aliphatic heterocycles. The van der Waals surface area contributed by atoms with E-state index in [4.69, 9.17) is 4.74 Å². The highest BCUT2D eigenvalue weighted by molar-refractivity contribution is 5.87. The molecular weight excluding hydrogens is 300 g/mol. The zero-order valence-electron chi connectivity index (χ0n) is 15.5. The molecule has 0 heterocycles. The van der Waals surface area contributed by atoms with Gasteiger partial charge >= 0.3 is 5.97 Å². The minimum Gasteiger partial charge on any atom is -0.463 e. The summed E-state index contributed by atoms with van der Waals surface area (Å²) < 4.78 is 5.54. The lowest BCUT2D eigenvalue weighted by Gasteiger charge is -2.60. The molecule has 0 radical (unpaired) electrons. The van der Waals surface area contributed by atoms with Gasteiger partial charge in [-0.2, -0.15) is 0 Å². The van der Waals surface area contributed by atoms with Gasteiger partial charge in [0.1, 0.15) is 11.9 Å². The Morgan fingerprint density at radius 2 is 1.83 bits per heavy atom. The van der Waals surface area contributed by atoms with Crippen LogP contribution >= 0.6 is 0 Å². The van der Waals surface area contributed by atoms with Gasteiger partial charge in [0.25, 0.3) is 0 Å². The number of hydrogen-bond acceptors (Lipinski definition) is 3. The van der Waals surface area contributed by atoms with Gasteiger partial charge < -0.3 is 4.74 Å². The minimum absolute atomic E-state index is 0.0146. The third-order valence-corrected chi connectivity index (χ3v) is 8.66. The van der Waals surface area contributed by atoms with Crippen molar-refractivity contribution in [3.05, 3.63) is 0 Å². The minimum atomic E-state index is -0.129. The van der Waals surface area contributed by atoms with Crippen molar-refractivity contribution in [2.75, 3.05) is 0 Å². The highest BCUT2D eigenvalue weighted by Gasteiger charge is 2.60. The molecule has 4 rings (SSSR count). The number of fused-ring (bicyclic) bond motifs is 5. The lowest BCUT2D eigenvalue weighted by atomic mass is 9.45. The Morgan fingerprint density at radius 1 is 1.04 bits per heavy atom. The molecule has 0 aromatic carbocycles. The van der Waals surface area contributed by atoms with Crippen LogP contribution in [0.25, 0.3) is 0 Å². The molecule has 0 bridgehead atoms. The van der Waals surface area contributed by atoms with E-state index in [9.17, 15) is 9.59 Å². The highest BCUT2D eigenvalue weighted by Crippen LogP contribution is 2.65. The average molecular weight is 332 g/mol. The van der Waals surface area contributed by atoms with Crippen molar-refractivity contribution in [2.45, 2.75) is 84.7 Å². The van der Waals surface area contributed by atoms with Crippen LogP contribution < -0.4 is 0 Å². The zero-order valence-corrected chi connectivity index (χ0v) is 15.5. The van der Waals surface area contributed by atoms with Crippen molar-refractivity contribution >= 4 is 11.8 Å². The molecule has 4 aliphatic carbocycles. The molecule has 4 fully saturated rings. The first kappa shape index (κ1) is 16.6. The van der Waals surface area contributed by atoms with Crippen LogP contribution in [0.5, 0.6) is 0 Å². The normalized spacial score (nSPS) is 50.6. The van der Waals surface area contributed by atoms with Gasteiger partial charge in [-0.25, -0.2) is 0 Å². The number of ketones is 1. The maximum absolute atomic E-state index is 12.5. The van der Waals surface area contributed by atoms with Crippen molar-refractivity contribution < 1.29 is 14.3 Å². The van der Waals surface area contributed by atoms with Gasteiger partial charge in [-0.05, 0) is 80.5 Å². The highest BCUT2D eigenvalue weighted by atomic mass is 16.5. The summed E-state index contributed by atoms with van der Waals surface area (Å²) in [6, 6.07) is 0. The van der Waals surface area contributed by atoms with Crippen molar-refractivity contribution in [3.63, 3.8) is 0 Å². The molecule has 0 spiro atoms. The van der Waals surface area contributed by atoms with Gasteiger partial charge in [-0.1, -0.05) is 13.8 Å². The van der Waals surface area contributed by atoms with E-state index < -0.39 is 0 Å². The van der Waals surface area contributed by atoms with E-state index in [1.165, 1.54) is 32.6 Å². The van der Waals surface area contributed by atoms with E-state index in [-0.39, 0.29) is 17.5 Å². The quantitative estimate of drug-likeness (QED) is 0.663. The summed E-state index contributed by atoms with van der Waals surface area (Å²) in [4.78, 5) is 23.8. The van der Waals surface area contributed by atoms with E-state index in [0.29, 0.717) is 23.0 Å². The summed E-state index contributed by atoms with van der Waals surface area (Å²) in [5.74, 6) is 3.26. The van der Waals surface area contributed by atoms with Crippen molar-refractivity contribution in [1.29, 1.82) is 0 Å². The van der Waals surface area contributed by atoms with E-state index in [2.05, 4.69) is 13.8 Å². The van der Waals surface area contributed by atoms with Gasteiger partial charge in [0.15, 0.2) is 0 Å². The number of rotatable bonds is 1. The fourth-order valence-electron chi connectivity index (χ4n) is 7.33. The standard InChI is InChI=1S/C21H32O3/c1-13(22)24-15-8-10-20(2)14(12-15)4-5-16-17-6-7-19(23)21(17,3)11-9-18(16)20/h14-18H,4-12H2,1-3H3/t14-,15+,16+,17+,18-,20-,21-/m0/s1. The van der Waals surface area contributed by atoms with Crippen LogP contribution in [0, 0.1) is 34.5 Å². The Hall–Kier alpha value is -0.860. The van der Waals surface area contributed by atoms with Crippen LogP contribution in [0.4, 0.5) is 0 Å². The average Bonchev–Trinajstić information content (AvgIpc) is 2.83. The molecule has 0 saturated heterocycles. The largest absolute Gasteiger partial charge is 0.463 e. The summed E-state index contributed by atoms with van der Waals surface area (Å²) in [6.07, 6.45) is 10.2. The summed E-state index contributed by atoms with van der Waals surface area (Å²) in [5, 5.41) is 0. The lowest BCUT2D eigenvalue weighted by Crippen LogP contribution is -2.54. The molecule has 3 nitrogen and oxygen atoms in total. The predicted molar refractivity (Wildman–Crippen MR) is 92.3 cm³/mol. The second-order valence-corrected chi connectivity index (χ2v) is 9.58. The number of hydrogen-bond donors (Lipinski definition) is 0. The Morgan fingerprint density at radius 3 is 2.58 bits per heavy atom. The summed E-state index contributed by atoms with van der Waals surface area (Å²) in [6.45, 7) is 6.30. The molecule has 0 aromatic rings. The van der Waals surface area contributed by atoms with Crippen LogP contribution in [-0.4, -0.2) is 17.9 Å². The predicted octanol–water partition coefficient (Wildman–Crippen LogP) is 4.53. The van der Waals surface area contributed by atoms with Gasteiger partial charge in [0.05, 0.1) is 0 Å². The second kappa shape index (κ2) is 5.57. The van der Waals surface area contributed by atoms with Crippen molar-refractivity contribution in [2.24, 2.45) is 34.5 Å². The van der Waals surface area contributed by atoms with Crippen LogP contribution in [0.3, 0.4) is 0 Å². The number of carbonyl (C=O) groups is 2. The molecule has 3 heteroatoms. The first-order chi connectivity index (χ1) is 11.3. The first-order valence-corrected chi connectivity index (χ1v) is 10.0. The zero-order chi connectivity index (χ0) is 17.1. The Balaban J connectivity index is 1.54. The van der Waals surface area contributed by atoms with Crippen LogP contribution in [-0.2, 0) is 14.3 Å². The molecule has 134 valence electrons. The number of carbonyl (C=O) groups excluding carboxylic acids is 2. The first-order valence-electron chi connectivity index (χ1n) is 10.0. The van der Waals surface area contributed by atoms with E-state index in [1.54, 1.807) is 0 Å². The third-order valence-electron chi connectivity index (χ3n) is 8.66. The molecule has 0 aromatic heterocycles. The Kier molecular flexibility index (Phi) is 3.85. The maximum Gasteiger partial charge on any atom is 0.302 e. The molecule has 4 saturated carbocycles. The fraction of sp³-hybridized carbons (Fsp3) is 0.905. The summed E-state index contributed by atoms with van der Waals surface area (Å²) >= 11 is 0. The number of ether oxygens (including phenoxy) is 1. The topological polar surface area (TPSA) is 43.4 Å². The summed E-state index contributed by atoms with van der Waals surface area (Å²) in [5.41, 5.74) is 0.381. The Labute approximate surface area is 145 Å². The molecule has 24 heavy (non-hydrogen) atoms. The third kappa shape index (κ3) is 2.29. The van der Waals surface area contributed by atoms with E-state index in [1.807, 2.05) is 0 Å². The fourth-order valence-corrected chi connectivity index (χ4v) is 7.33. The SMILES string of the molecule is CC(=O)O[C@@H]1CC[C@@]2(C)[C@@H](CC[C@@H]3[C@H]4CCC(=O)[C@@]4(C)CC[C@@H]32)C1. The number of Topliss-reactive ketones (excluding diaryl/α,β-unsaturated/α-hetero) is 1. The van der Waals surface area contributed by atoms with E-state index >= 15 is 0 Å². The Bertz CT molecular complexity index is 555. The lowest BCUT2D eigenvalue weighted by molar-refractivity contribution is -0.160. The van der Waals surface area contributed by atoms with Gasteiger partial charge in [-0.3, -0.25) is 9.59 Å². The molecule has 4 aliphatic rings. The second-order valence-electron chi connectivity index (χ2n) is 9.58. The van der Waals surface area contributed by atoms with Crippen molar-refractivity contribution in [1.82, 2.24) is 0 Å². The molecule has 0 unspecified atom stereocenters. The summed E-state index contributed by atoms with van der Waals surface area (Å²) in [7, 11) is 0. The maximum atomic E-state index is 12.5. The molecule has 7 atom stereocenters.